The van der Waals surface area contributed by atoms with Crippen molar-refractivity contribution in [1.29, 1.82) is 0 Å². The van der Waals surface area contributed by atoms with Gasteiger partial charge >= 0.3 is 0 Å². The summed E-state index contributed by atoms with van der Waals surface area (Å²) in [6.45, 7) is 27.0. The van der Waals surface area contributed by atoms with Crippen molar-refractivity contribution in [2.45, 2.75) is 105 Å². The van der Waals surface area contributed by atoms with Gasteiger partial charge in [-0.15, -0.1) is 0 Å². The second kappa shape index (κ2) is 14.3. The van der Waals surface area contributed by atoms with E-state index in [1.165, 1.54) is 22.3 Å². The van der Waals surface area contributed by atoms with Gasteiger partial charge in [-0.05, 0) is 113 Å². The summed E-state index contributed by atoms with van der Waals surface area (Å²) in [5.74, 6) is 0.955. The predicted octanol–water partition coefficient (Wildman–Crippen LogP) is 13.8. The van der Waals surface area contributed by atoms with Gasteiger partial charge in [0.2, 0.25) is 0 Å². The molecule has 2 heterocycles. The third-order valence-corrected chi connectivity index (χ3v) is 12.3. The van der Waals surface area contributed by atoms with E-state index in [9.17, 15) is 0 Å². The number of hydrogen-bond donors (Lipinski definition) is 2. The van der Waals surface area contributed by atoms with E-state index in [1.54, 1.807) is 0 Å². The van der Waals surface area contributed by atoms with Crippen LogP contribution in [0.15, 0.2) is 131 Å². The lowest BCUT2D eigenvalue weighted by atomic mass is 9.83. The zero-order chi connectivity index (χ0) is 43.1. The van der Waals surface area contributed by atoms with Gasteiger partial charge in [0.15, 0.2) is 0 Å². The van der Waals surface area contributed by atoms with Crippen LogP contribution in [-0.2, 0) is 21.7 Å². The molecule has 0 aliphatic carbocycles. The summed E-state index contributed by atoms with van der Waals surface area (Å²) in [6.07, 6.45) is 0. The fourth-order valence-electron chi connectivity index (χ4n) is 8.41. The maximum absolute atomic E-state index is 6.89. The van der Waals surface area contributed by atoms with Gasteiger partial charge in [0.25, 0.3) is 0 Å². The SMILES string of the molecule is CC(C)(C)c1ccc(-c2cc3c(cc2-c2ccc(C(C)(C)C)cc2)/C(=C2\N=C(N)c4cc(-c5ccc(C(C)(C)C)cc5)c(-c5ccc(C(C)(C)C)cc5)cc42)N=C3N)cc1. The van der Waals surface area contributed by atoms with Crippen LogP contribution in [0.4, 0.5) is 0 Å². The van der Waals surface area contributed by atoms with Crippen LogP contribution in [0.25, 0.3) is 55.9 Å². The fraction of sp³-hybridized carbons (Fsp3) is 0.286. The lowest BCUT2D eigenvalue weighted by Crippen LogP contribution is -2.11. The normalized spacial score (nSPS) is 15.5. The molecule has 304 valence electrons. The molecule has 0 unspecified atom stereocenters. The zero-order valence-corrected chi connectivity index (χ0v) is 37.6. The zero-order valence-electron chi connectivity index (χ0n) is 37.6. The molecule has 0 fully saturated rings. The Morgan fingerprint density at radius 2 is 0.483 bits per heavy atom. The molecule has 6 aromatic rings. The smallest absolute Gasteiger partial charge is 0.132 e. The Kier molecular flexibility index (Phi) is 9.74. The maximum atomic E-state index is 6.89. The first-order chi connectivity index (χ1) is 28.1. The molecule has 0 saturated carbocycles. The summed E-state index contributed by atoms with van der Waals surface area (Å²) in [5, 5.41) is 0. The number of benzene rings is 6. The van der Waals surface area contributed by atoms with E-state index >= 15 is 0 Å². The molecule has 0 amide bonds. The molecule has 0 aromatic heterocycles. The highest BCUT2D eigenvalue weighted by atomic mass is 15.0. The molecule has 4 N–H and O–H groups in total. The van der Waals surface area contributed by atoms with Crippen LogP contribution < -0.4 is 11.5 Å². The molecule has 2 aliphatic rings. The predicted molar refractivity (Wildman–Crippen MR) is 258 cm³/mol. The molecule has 8 rings (SSSR count). The summed E-state index contributed by atoms with van der Waals surface area (Å²) < 4.78 is 0. The minimum Gasteiger partial charge on any atom is -0.383 e. The molecule has 4 heteroatoms. The van der Waals surface area contributed by atoms with Gasteiger partial charge < -0.3 is 11.5 Å². The van der Waals surface area contributed by atoms with E-state index in [0.717, 1.165) is 78.2 Å². The summed E-state index contributed by atoms with van der Waals surface area (Å²) in [4.78, 5) is 10.2. The van der Waals surface area contributed by atoms with Crippen molar-refractivity contribution in [2.75, 3.05) is 0 Å². The van der Waals surface area contributed by atoms with Crippen molar-refractivity contribution in [3.05, 3.63) is 166 Å². The van der Waals surface area contributed by atoms with Gasteiger partial charge in [0.1, 0.15) is 11.7 Å². The Hall–Kier alpha value is -6.00. The number of rotatable bonds is 4. The Labute approximate surface area is 358 Å². The third kappa shape index (κ3) is 7.53. The Morgan fingerprint density at radius 1 is 0.283 bits per heavy atom. The largest absolute Gasteiger partial charge is 0.383 e. The van der Waals surface area contributed by atoms with E-state index in [2.05, 4.69) is 204 Å². The highest BCUT2D eigenvalue weighted by Crippen LogP contribution is 2.47. The van der Waals surface area contributed by atoms with Gasteiger partial charge in [-0.1, -0.05) is 180 Å². The minimum absolute atomic E-state index is 0.0407. The number of hydrogen-bond acceptors (Lipinski definition) is 4. The Morgan fingerprint density at radius 3 is 0.683 bits per heavy atom. The third-order valence-electron chi connectivity index (χ3n) is 12.3. The molecule has 0 saturated heterocycles. The lowest BCUT2D eigenvalue weighted by Gasteiger charge is -2.21. The van der Waals surface area contributed by atoms with E-state index in [0.29, 0.717) is 11.7 Å². The van der Waals surface area contributed by atoms with Crippen LogP contribution in [-0.4, -0.2) is 11.7 Å². The summed E-state index contributed by atoms with van der Waals surface area (Å²) in [5.41, 5.74) is 33.3. The highest BCUT2D eigenvalue weighted by Gasteiger charge is 2.31. The summed E-state index contributed by atoms with van der Waals surface area (Å²) >= 11 is 0. The van der Waals surface area contributed by atoms with Crippen LogP contribution in [0.3, 0.4) is 0 Å². The van der Waals surface area contributed by atoms with Gasteiger partial charge in [0, 0.05) is 22.3 Å². The quantitative estimate of drug-likeness (QED) is 0.187. The maximum Gasteiger partial charge on any atom is 0.132 e. The Bertz CT molecular complexity index is 2540. The fourth-order valence-corrected chi connectivity index (χ4v) is 8.41. The average molecular weight is 789 g/mol. The number of nitrogens with two attached hydrogens (primary N) is 2. The molecule has 6 aromatic carbocycles. The molecule has 4 nitrogen and oxygen atoms in total. The summed E-state index contributed by atoms with van der Waals surface area (Å²) in [7, 11) is 0. The molecule has 60 heavy (non-hydrogen) atoms. The van der Waals surface area contributed by atoms with Crippen LogP contribution in [0, 0.1) is 0 Å². The monoisotopic (exact) mass is 788 g/mol. The number of amidine groups is 2. The van der Waals surface area contributed by atoms with Crippen molar-refractivity contribution in [2.24, 2.45) is 21.5 Å². The topological polar surface area (TPSA) is 76.8 Å². The second-order valence-electron chi connectivity index (χ2n) is 20.9. The average Bonchev–Trinajstić information content (AvgIpc) is 3.69. The van der Waals surface area contributed by atoms with Crippen molar-refractivity contribution in [3.8, 4) is 44.5 Å². The number of fused-ring (bicyclic) bond motifs is 2. The first-order valence-corrected chi connectivity index (χ1v) is 21.3. The number of aliphatic imine (C=N–C) groups is 2. The van der Waals surface area contributed by atoms with Crippen molar-refractivity contribution >= 4 is 23.1 Å². The second-order valence-corrected chi connectivity index (χ2v) is 20.9. The van der Waals surface area contributed by atoms with E-state index in [4.69, 9.17) is 21.5 Å². The molecule has 0 bridgehead atoms. The van der Waals surface area contributed by atoms with Gasteiger partial charge in [-0.25, -0.2) is 9.98 Å². The minimum atomic E-state index is 0.0407. The van der Waals surface area contributed by atoms with E-state index in [1.807, 2.05) is 0 Å². The van der Waals surface area contributed by atoms with Crippen LogP contribution in [0.2, 0.25) is 0 Å². The van der Waals surface area contributed by atoms with Gasteiger partial charge in [0.05, 0.1) is 11.4 Å². The van der Waals surface area contributed by atoms with Crippen LogP contribution >= 0.6 is 0 Å². The van der Waals surface area contributed by atoms with Crippen molar-refractivity contribution in [1.82, 2.24) is 0 Å². The van der Waals surface area contributed by atoms with Crippen molar-refractivity contribution in [3.63, 3.8) is 0 Å². The number of nitrogens with zero attached hydrogens (tertiary/aromatic N) is 2. The van der Waals surface area contributed by atoms with Crippen molar-refractivity contribution < 1.29 is 0 Å². The molecule has 0 atom stereocenters. The highest BCUT2D eigenvalue weighted by molar-refractivity contribution is 6.20. The molecule has 2 aliphatic heterocycles. The standard InChI is InChI=1S/C56H60N4/c1-53(2,3)37-21-13-33(14-22-37)41-29-45-47(31-43(41)35-17-25-39(26-18-35)55(7,8)9)51(57)59-49(45)50-46-30-42(34-15-23-38(24-16-34)54(4,5)6)44(32-48(46)52(58)60-50)36-19-27-40(28-20-36)56(10,11)12/h13-32H,1-12H3,(H2,57,59)(H2,58,60)/b50-49+. The van der Waals surface area contributed by atoms with Gasteiger partial charge in [-0.3, -0.25) is 0 Å². The Balaban J connectivity index is 1.33. The molecule has 0 spiro atoms. The lowest BCUT2D eigenvalue weighted by molar-refractivity contribution is 0.590. The van der Waals surface area contributed by atoms with Crippen LogP contribution in [0.1, 0.15) is 128 Å². The summed E-state index contributed by atoms with van der Waals surface area (Å²) in [6, 6.07) is 44.9. The van der Waals surface area contributed by atoms with Crippen LogP contribution in [0.5, 0.6) is 0 Å². The van der Waals surface area contributed by atoms with E-state index < -0.39 is 0 Å². The van der Waals surface area contributed by atoms with E-state index in [-0.39, 0.29) is 21.7 Å². The first-order valence-electron chi connectivity index (χ1n) is 21.3. The molecular weight excluding hydrogens is 729 g/mol. The molecule has 0 radical (unpaired) electrons. The first kappa shape index (κ1) is 40.8. The van der Waals surface area contributed by atoms with Gasteiger partial charge in [-0.2, -0.15) is 0 Å². The molecular formula is C56H60N4.